The van der Waals surface area contributed by atoms with Gasteiger partial charge in [-0.25, -0.2) is 0 Å². The number of ketones is 1. The third-order valence-electron chi connectivity index (χ3n) is 4.73. The first kappa shape index (κ1) is 22.8. The van der Waals surface area contributed by atoms with Gasteiger partial charge in [0.05, 0.1) is 5.75 Å². The highest BCUT2D eigenvalue weighted by Gasteiger charge is 2.12. The highest BCUT2D eigenvalue weighted by Crippen LogP contribution is 2.23. The summed E-state index contributed by atoms with van der Waals surface area (Å²) in [5, 5.41) is 7.47. The van der Waals surface area contributed by atoms with Gasteiger partial charge >= 0.3 is 0 Å². The van der Waals surface area contributed by atoms with Crippen LogP contribution in [0.15, 0.2) is 78.0 Å². The van der Waals surface area contributed by atoms with E-state index < -0.39 is 0 Å². The number of thioether (sulfide) groups is 1. The fourth-order valence-corrected chi connectivity index (χ4v) is 3.77. The second-order valence-corrected chi connectivity index (χ2v) is 8.84. The number of aromatic nitrogens is 3. The van der Waals surface area contributed by atoms with Crippen LogP contribution in [0.4, 0.5) is 23.3 Å². The Morgan fingerprint density at radius 3 is 1.73 bits per heavy atom. The number of Topliss-reactive ketones (excluding diaryl/α,β-unsaturated/α-hetero) is 1. The Hall–Kier alpha value is -3.42. The Kier molecular flexibility index (Phi) is 7.22. The molecule has 8 heteroatoms. The lowest BCUT2D eigenvalue weighted by molar-refractivity contribution is 0.102. The minimum atomic E-state index is -0.0295. The van der Waals surface area contributed by atoms with Crippen molar-refractivity contribution in [2.75, 3.05) is 16.4 Å². The van der Waals surface area contributed by atoms with Gasteiger partial charge in [0.2, 0.25) is 11.9 Å². The van der Waals surface area contributed by atoms with Gasteiger partial charge in [0.15, 0.2) is 10.9 Å². The number of halogens is 1. The van der Waals surface area contributed by atoms with Gasteiger partial charge in [-0.2, -0.15) is 15.0 Å². The van der Waals surface area contributed by atoms with E-state index in [-0.39, 0.29) is 11.5 Å². The maximum Gasteiger partial charge on any atom is 0.233 e. The molecule has 0 radical (unpaired) electrons. The summed E-state index contributed by atoms with van der Waals surface area (Å²) in [6.45, 7) is 4.06. The average Bonchev–Trinajstić information content (AvgIpc) is 2.81. The zero-order chi connectivity index (χ0) is 23.2. The third kappa shape index (κ3) is 6.54. The Bertz CT molecular complexity index is 1180. The van der Waals surface area contributed by atoms with Crippen molar-refractivity contribution in [2.24, 2.45) is 0 Å². The molecular formula is C25H22ClN5OS. The number of carbonyl (C=O) groups is 1. The van der Waals surface area contributed by atoms with E-state index in [1.54, 1.807) is 24.3 Å². The van der Waals surface area contributed by atoms with Crippen molar-refractivity contribution in [2.45, 2.75) is 19.0 Å². The second-order valence-electron chi connectivity index (χ2n) is 7.47. The third-order valence-corrected chi connectivity index (χ3v) is 5.83. The van der Waals surface area contributed by atoms with Gasteiger partial charge in [0, 0.05) is 22.0 Å². The van der Waals surface area contributed by atoms with Crippen molar-refractivity contribution in [3.63, 3.8) is 0 Å². The Balaban J connectivity index is 1.55. The van der Waals surface area contributed by atoms with Crippen LogP contribution in [0, 0.1) is 13.8 Å². The summed E-state index contributed by atoms with van der Waals surface area (Å²) in [5.74, 6) is 0.951. The summed E-state index contributed by atoms with van der Waals surface area (Å²) in [4.78, 5) is 26.1. The normalized spacial score (nSPS) is 10.6. The molecule has 0 saturated heterocycles. The SMILES string of the molecule is Cc1ccc(Nc2nc(Nc3ccc(C)cc3)nc(SCC(=O)c3ccc(Cl)cc3)n2)cc1. The van der Waals surface area contributed by atoms with E-state index in [2.05, 4.69) is 25.6 Å². The molecule has 4 aromatic rings. The molecule has 0 fully saturated rings. The summed E-state index contributed by atoms with van der Waals surface area (Å²) >= 11 is 7.17. The van der Waals surface area contributed by atoms with Gasteiger partial charge in [-0.3, -0.25) is 4.79 Å². The number of carbonyl (C=O) groups excluding carboxylic acids is 1. The van der Waals surface area contributed by atoms with Gasteiger partial charge in [-0.15, -0.1) is 0 Å². The summed E-state index contributed by atoms with van der Waals surface area (Å²) in [5.41, 5.74) is 4.64. The van der Waals surface area contributed by atoms with Crippen LogP contribution < -0.4 is 10.6 Å². The second kappa shape index (κ2) is 10.5. The van der Waals surface area contributed by atoms with E-state index in [9.17, 15) is 4.79 Å². The van der Waals surface area contributed by atoms with Gasteiger partial charge < -0.3 is 10.6 Å². The van der Waals surface area contributed by atoms with Crippen molar-refractivity contribution < 1.29 is 4.79 Å². The predicted octanol–water partition coefficient (Wildman–Crippen LogP) is 6.60. The molecule has 4 rings (SSSR count). The first-order valence-corrected chi connectivity index (χ1v) is 11.7. The highest BCUT2D eigenvalue weighted by atomic mass is 35.5. The van der Waals surface area contributed by atoms with E-state index in [1.807, 2.05) is 62.4 Å². The highest BCUT2D eigenvalue weighted by molar-refractivity contribution is 7.99. The Labute approximate surface area is 201 Å². The van der Waals surface area contributed by atoms with Crippen LogP contribution >= 0.6 is 23.4 Å². The standard InChI is InChI=1S/C25H22ClN5OS/c1-16-3-11-20(12-4-16)27-23-29-24(28-21-13-5-17(2)6-14-21)31-25(30-23)33-15-22(32)18-7-9-19(26)10-8-18/h3-14H,15H2,1-2H3,(H2,27,28,29,30,31). The molecule has 33 heavy (non-hydrogen) atoms. The molecule has 0 spiro atoms. The van der Waals surface area contributed by atoms with Crippen LogP contribution in [0.2, 0.25) is 5.02 Å². The summed E-state index contributed by atoms with van der Waals surface area (Å²) in [6, 6.07) is 22.7. The van der Waals surface area contributed by atoms with Crippen LogP contribution in [-0.4, -0.2) is 26.5 Å². The Morgan fingerprint density at radius 2 is 1.24 bits per heavy atom. The molecule has 1 aromatic heterocycles. The van der Waals surface area contributed by atoms with E-state index in [4.69, 9.17) is 11.6 Å². The molecule has 0 aliphatic carbocycles. The van der Waals surface area contributed by atoms with E-state index in [1.165, 1.54) is 11.8 Å². The molecule has 0 bridgehead atoms. The number of aryl methyl sites for hydroxylation is 2. The number of hydrogen-bond donors (Lipinski definition) is 2. The lowest BCUT2D eigenvalue weighted by Crippen LogP contribution is -2.07. The summed E-state index contributed by atoms with van der Waals surface area (Å²) in [7, 11) is 0. The molecule has 0 aliphatic rings. The number of nitrogens with one attached hydrogen (secondary N) is 2. The molecule has 0 aliphatic heterocycles. The topological polar surface area (TPSA) is 79.8 Å². The minimum absolute atomic E-state index is 0.0295. The number of anilines is 4. The first-order chi connectivity index (χ1) is 15.9. The largest absolute Gasteiger partial charge is 0.324 e. The van der Waals surface area contributed by atoms with Crippen molar-refractivity contribution in [3.05, 3.63) is 94.5 Å². The molecule has 0 atom stereocenters. The molecule has 0 unspecified atom stereocenters. The quantitative estimate of drug-likeness (QED) is 0.219. The lowest BCUT2D eigenvalue weighted by Gasteiger charge is -2.10. The van der Waals surface area contributed by atoms with Crippen molar-refractivity contribution >= 4 is 52.4 Å². The van der Waals surface area contributed by atoms with Crippen LogP contribution in [-0.2, 0) is 0 Å². The van der Waals surface area contributed by atoms with Gasteiger partial charge in [-0.05, 0) is 62.4 Å². The van der Waals surface area contributed by atoms with Crippen molar-refractivity contribution in [3.8, 4) is 0 Å². The summed E-state index contributed by atoms with van der Waals surface area (Å²) < 4.78 is 0. The van der Waals surface area contributed by atoms with E-state index in [0.717, 1.165) is 22.5 Å². The number of hydrogen-bond acceptors (Lipinski definition) is 7. The molecule has 2 N–H and O–H groups in total. The maximum atomic E-state index is 12.6. The first-order valence-electron chi connectivity index (χ1n) is 10.3. The Morgan fingerprint density at radius 1 is 0.758 bits per heavy atom. The van der Waals surface area contributed by atoms with Crippen LogP contribution in [0.25, 0.3) is 0 Å². The molecule has 0 amide bonds. The van der Waals surface area contributed by atoms with Crippen LogP contribution in [0.1, 0.15) is 21.5 Å². The number of benzene rings is 3. The van der Waals surface area contributed by atoms with Crippen LogP contribution in [0.5, 0.6) is 0 Å². The smallest absolute Gasteiger partial charge is 0.233 e. The molecule has 166 valence electrons. The predicted molar refractivity (Wildman–Crippen MR) is 135 cm³/mol. The van der Waals surface area contributed by atoms with Gasteiger partial charge in [0.1, 0.15) is 0 Å². The molecular weight excluding hydrogens is 454 g/mol. The summed E-state index contributed by atoms with van der Waals surface area (Å²) in [6.07, 6.45) is 0. The monoisotopic (exact) mass is 475 g/mol. The molecule has 3 aromatic carbocycles. The zero-order valence-electron chi connectivity index (χ0n) is 18.2. The van der Waals surface area contributed by atoms with E-state index in [0.29, 0.717) is 27.6 Å². The van der Waals surface area contributed by atoms with Gasteiger partial charge in [-0.1, -0.05) is 58.8 Å². The maximum absolute atomic E-state index is 12.6. The number of nitrogens with zero attached hydrogens (tertiary/aromatic N) is 3. The van der Waals surface area contributed by atoms with Crippen LogP contribution in [0.3, 0.4) is 0 Å². The van der Waals surface area contributed by atoms with E-state index >= 15 is 0 Å². The van der Waals surface area contributed by atoms with Crippen molar-refractivity contribution in [1.29, 1.82) is 0 Å². The molecule has 0 saturated carbocycles. The zero-order valence-corrected chi connectivity index (χ0v) is 19.7. The number of rotatable bonds is 8. The fraction of sp³-hybridized carbons (Fsp3) is 0.120. The molecule has 6 nitrogen and oxygen atoms in total. The average molecular weight is 476 g/mol. The minimum Gasteiger partial charge on any atom is -0.324 e. The fourth-order valence-electron chi connectivity index (χ4n) is 2.91. The van der Waals surface area contributed by atoms with Crippen molar-refractivity contribution in [1.82, 2.24) is 15.0 Å². The molecule has 1 heterocycles. The van der Waals surface area contributed by atoms with Gasteiger partial charge in [0.25, 0.3) is 0 Å². The lowest BCUT2D eigenvalue weighted by atomic mass is 10.1.